The largest absolute Gasteiger partial charge is 0.493 e. The lowest BCUT2D eigenvalue weighted by Gasteiger charge is -2.13. The summed E-state index contributed by atoms with van der Waals surface area (Å²) in [5.41, 5.74) is 0.604. The zero-order valence-electron chi connectivity index (χ0n) is 15.1. The molecule has 0 saturated carbocycles. The van der Waals surface area contributed by atoms with Gasteiger partial charge in [-0.2, -0.15) is 0 Å². The summed E-state index contributed by atoms with van der Waals surface area (Å²) in [7, 11) is 1.60. The average molecular weight is 334 g/mol. The molecule has 1 saturated heterocycles. The van der Waals surface area contributed by atoms with Gasteiger partial charge in [-0.1, -0.05) is 13.8 Å². The quantitative estimate of drug-likeness (QED) is 0.729. The first-order chi connectivity index (χ1) is 11.6. The van der Waals surface area contributed by atoms with Crippen molar-refractivity contribution in [1.29, 1.82) is 0 Å². The molecular formula is C19H30N2O3. The van der Waals surface area contributed by atoms with Crippen molar-refractivity contribution >= 4 is 5.91 Å². The Hall–Kier alpha value is -1.75. The van der Waals surface area contributed by atoms with E-state index in [9.17, 15) is 4.79 Å². The molecule has 1 amide bonds. The van der Waals surface area contributed by atoms with Gasteiger partial charge in [0.05, 0.1) is 13.7 Å². The number of nitrogens with one attached hydrogen (secondary N) is 2. The van der Waals surface area contributed by atoms with Crippen LogP contribution in [0.5, 0.6) is 11.5 Å². The smallest absolute Gasteiger partial charge is 0.251 e. The topological polar surface area (TPSA) is 59.6 Å². The summed E-state index contributed by atoms with van der Waals surface area (Å²) < 4.78 is 11.1. The van der Waals surface area contributed by atoms with Crippen LogP contribution in [0.3, 0.4) is 0 Å². The van der Waals surface area contributed by atoms with E-state index in [1.165, 1.54) is 6.42 Å². The molecule has 0 bridgehead atoms. The van der Waals surface area contributed by atoms with Gasteiger partial charge in [-0.25, -0.2) is 0 Å². The third-order valence-electron chi connectivity index (χ3n) is 4.38. The van der Waals surface area contributed by atoms with Crippen molar-refractivity contribution in [2.24, 2.45) is 11.8 Å². The average Bonchev–Trinajstić information content (AvgIpc) is 3.08. The van der Waals surface area contributed by atoms with Crippen molar-refractivity contribution in [2.45, 2.75) is 33.1 Å². The van der Waals surface area contributed by atoms with Crippen molar-refractivity contribution in [3.63, 3.8) is 0 Å². The Labute approximate surface area is 145 Å². The fraction of sp³-hybridized carbons (Fsp3) is 0.632. The maximum absolute atomic E-state index is 12.3. The highest BCUT2D eigenvalue weighted by molar-refractivity contribution is 5.94. The Morgan fingerprint density at radius 1 is 1.38 bits per heavy atom. The molecule has 1 heterocycles. The molecular weight excluding hydrogens is 304 g/mol. The minimum atomic E-state index is -0.0620. The van der Waals surface area contributed by atoms with Crippen LogP contribution in [0.15, 0.2) is 18.2 Å². The first kappa shape index (κ1) is 18.6. The van der Waals surface area contributed by atoms with E-state index < -0.39 is 0 Å². The molecule has 1 fully saturated rings. The Kier molecular flexibility index (Phi) is 7.37. The van der Waals surface area contributed by atoms with Crippen molar-refractivity contribution in [1.82, 2.24) is 10.6 Å². The van der Waals surface area contributed by atoms with Gasteiger partial charge in [0, 0.05) is 12.1 Å². The zero-order chi connectivity index (χ0) is 17.4. The summed E-state index contributed by atoms with van der Waals surface area (Å²) in [6.07, 6.45) is 3.21. The van der Waals surface area contributed by atoms with Crippen molar-refractivity contribution in [2.75, 3.05) is 33.4 Å². The van der Waals surface area contributed by atoms with Crippen molar-refractivity contribution in [3.8, 4) is 11.5 Å². The van der Waals surface area contributed by atoms with Gasteiger partial charge in [-0.3, -0.25) is 4.79 Å². The third-order valence-corrected chi connectivity index (χ3v) is 4.38. The summed E-state index contributed by atoms with van der Waals surface area (Å²) in [6.45, 7) is 7.83. The first-order valence-electron chi connectivity index (χ1n) is 8.90. The molecule has 1 aliphatic heterocycles. The number of hydrogen-bond acceptors (Lipinski definition) is 4. The molecule has 5 nitrogen and oxygen atoms in total. The van der Waals surface area contributed by atoms with Crippen LogP contribution in [-0.2, 0) is 0 Å². The molecule has 24 heavy (non-hydrogen) atoms. The van der Waals surface area contributed by atoms with E-state index in [2.05, 4.69) is 24.5 Å². The highest BCUT2D eigenvalue weighted by Crippen LogP contribution is 2.28. The minimum Gasteiger partial charge on any atom is -0.493 e. The second-order valence-electron chi connectivity index (χ2n) is 6.80. The van der Waals surface area contributed by atoms with Crippen molar-refractivity contribution in [3.05, 3.63) is 23.8 Å². The molecule has 5 heteroatoms. The van der Waals surface area contributed by atoms with E-state index in [4.69, 9.17) is 9.47 Å². The molecule has 134 valence electrons. The molecule has 2 rings (SSSR count). The fourth-order valence-corrected chi connectivity index (χ4v) is 2.79. The number of carbonyl (C=O) groups excluding carboxylic acids is 1. The number of hydrogen-bond donors (Lipinski definition) is 2. The standard InChI is InChI=1S/C19H30N2O3/c1-14(2)8-11-24-17-5-4-16(12-18(17)23-3)19(22)21-10-7-15-6-9-20-13-15/h4-5,12,14-15,20H,6-11,13H2,1-3H3,(H,21,22). The molecule has 1 unspecified atom stereocenters. The van der Waals surface area contributed by atoms with Gasteiger partial charge in [0.2, 0.25) is 0 Å². The maximum Gasteiger partial charge on any atom is 0.251 e. The molecule has 0 radical (unpaired) electrons. The molecule has 0 spiro atoms. The normalized spacial score (nSPS) is 17.1. The van der Waals surface area contributed by atoms with Crippen LogP contribution in [0.1, 0.15) is 43.5 Å². The lowest BCUT2D eigenvalue weighted by molar-refractivity contribution is 0.0951. The summed E-state index contributed by atoms with van der Waals surface area (Å²) in [5.74, 6) is 2.50. The van der Waals surface area contributed by atoms with Crippen LogP contribution in [0, 0.1) is 11.8 Å². The SMILES string of the molecule is COc1cc(C(=O)NCCC2CCNC2)ccc1OCCC(C)C. The van der Waals surface area contributed by atoms with Crippen LogP contribution >= 0.6 is 0 Å². The van der Waals surface area contributed by atoms with E-state index in [-0.39, 0.29) is 5.91 Å². The van der Waals surface area contributed by atoms with Gasteiger partial charge < -0.3 is 20.1 Å². The first-order valence-corrected chi connectivity index (χ1v) is 8.90. The maximum atomic E-state index is 12.3. The monoisotopic (exact) mass is 334 g/mol. The minimum absolute atomic E-state index is 0.0620. The van der Waals surface area contributed by atoms with Crippen LogP contribution < -0.4 is 20.1 Å². The lowest BCUT2D eigenvalue weighted by Crippen LogP contribution is -2.26. The molecule has 0 aliphatic carbocycles. The Morgan fingerprint density at radius 3 is 2.88 bits per heavy atom. The van der Waals surface area contributed by atoms with E-state index in [0.717, 1.165) is 25.9 Å². The van der Waals surface area contributed by atoms with E-state index in [1.807, 2.05) is 6.07 Å². The zero-order valence-corrected chi connectivity index (χ0v) is 15.1. The van der Waals surface area contributed by atoms with Crippen LogP contribution in [0.2, 0.25) is 0 Å². The van der Waals surface area contributed by atoms with Gasteiger partial charge in [0.15, 0.2) is 11.5 Å². The van der Waals surface area contributed by atoms with E-state index in [0.29, 0.717) is 42.0 Å². The van der Waals surface area contributed by atoms with Crippen LogP contribution in [0.4, 0.5) is 0 Å². The summed E-state index contributed by atoms with van der Waals surface area (Å²) >= 11 is 0. The number of amides is 1. The summed E-state index contributed by atoms with van der Waals surface area (Å²) in [5, 5.41) is 6.34. The molecule has 1 aromatic carbocycles. The van der Waals surface area contributed by atoms with Gasteiger partial charge in [-0.15, -0.1) is 0 Å². The molecule has 1 aromatic rings. The fourth-order valence-electron chi connectivity index (χ4n) is 2.79. The molecule has 0 aromatic heterocycles. The Balaban J connectivity index is 1.86. The van der Waals surface area contributed by atoms with Crippen molar-refractivity contribution < 1.29 is 14.3 Å². The second-order valence-corrected chi connectivity index (χ2v) is 6.80. The number of ether oxygens (including phenoxy) is 2. The third kappa shape index (κ3) is 5.71. The lowest BCUT2D eigenvalue weighted by atomic mass is 10.1. The predicted octanol–water partition coefficient (Wildman–Crippen LogP) is 2.85. The van der Waals surface area contributed by atoms with Crippen LogP contribution in [-0.4, -0.2) is 39.3 Å². The van der Waals surface area contributed by atoms with Gasteiger partial charge in [-0.05, 0) is 62.4 Å². The summed E-state index contributed by atoms with van der Waals surface area (Å²) in [6, 6.07) is 5.35. The highest BCUT2D eigenvalue weighted by atomic mass is 16.5. The molecule has 1 aliphatic rings. The van der Waals surface area contributed by atoms with E-state index >= 15 is 0 Å². The molecule has 2 N–H and O–H groups in total. The number of rotatable bonds is 9. The Morgan fingerprint density at radius 2 is 2.21 bits per heavy atom. The number of methoxy groups -OCH3 is 1. The number of benzene rings is 1. The second kappa shape index (κ2) is 9.52. The number of carbonyl (C=O) groups is 1. The van der Waals surface area contributed by atoms with E-state index in [1.54, 1.807) is 19.2 Å². The van der Waals surface area contributed by atoms with Gasteiger partial charge >= 0.3 is 0 Å². The van der Waals surface area contributed by atoms with Crippen LogP contribution in [0.25, 0.3) is 0 Å². The van der Waals surface area contributed by atoms with Gasteiger partial charge in [0.1, 0.15) is 0 Å². The predicted molar refractivity (Wildman–Crippen MR) is 95.9 cm³/mol. The Bertz CT molecular complexity index is 525. The highest BCUT2D eigenvalue weighted by Gasteiger charge is 2.15. The van der Waals surface area contributed by atoms with Gasteiger partial charge in [0.25, 0.3) is 5.91 Å². The summed E-state index contributed by atoms with van der Waals surface area (Å²) in [4.78, 5) is 12.3. The molecule has 1 atom stereocenters.